The summed E-state index contributed by atoms with van der Waals surface area (Å²) in [4.78, 5) is 17.2. The molecule has 1 aliphatic heterocycles. The zero-order chi connectivity index (χ0) is 15.2. The number of halogens is 2. The van der Waals surface area contributed by atoms with Gasteiger partial charge < -0.3 is 4.74 Å². The van der Waals surface area contributed by atoms with E-state index in [2.05, 4.69) is 27.8 Å². The van der Waals surface area contributed by atoms with Crippen LogP contribution in [0, 0.1) is 5.82 Å². The van der Waals surface area contributed by atoms with Crippen molar-refractivity contribution in [2.24, 2.45) is 7.05 Å². The van der Waals surface area contributed by atoms with Gasteiger partial charge in [-0.05, 0) is 40.9 Å². The fourth-order valence-electron chi connectivity index (χ4n) is 2.89. The summed E-state index contributed by atoms with van der Waals surface area (Å²) in [5.41, 5.74) is 0.0962. The highest BCUT2D eigenvalue weighted by Gasteiger charge is 2.33. The summed E-state index contributed by atoms with van der Waals surface area (Å²) in [5.74, 6) is 0.286. The van der Waals surface area contributed by atoms with Crippen LogP contribution in [-0.2, 0) is 17.2 Å². The minimum absolute atomic E-state index is 0.200. The van der Waals surface area contributed by atoms with Gasteiger partial charge in [0.1, 0.15) is 11.6 Å². The first-order chi connectivity index (χ1) is 9.92. The molecule has 0 radical (unpaired) electrons. The molecule has 0 saturated carbocycles. The maximum atomic E-state index is 13.5. The van der Waals surface area contributed by atoms with Crippen LogP contribution in [0.1, 0.15) is 25.6 Å². The minimum atomic E-state index is -0.446. The lowest BCUT2D eigenvalue weighted by Crippen LogP contribution is -2.37. The standard InChI is InChI=1S/C15H16BrFN2O2/c1-15(3-5-21-6-4-15)14-18-12-10(13(20)19(14)2)7-9(17)8-11(12)16/h7-8H,3-6H2,1-2H3. The zero-order valence-electron chi connectivity index (χ0n) is 11.9. The van der Waals surface area contributed by atoms with Crippen LogP contribution in [0.3, 0.4) is 0 Å². The van der Waals surface area contributed by atoms with E-state index in [1.54, 1.807) is 11.6 Å². The van der Waals surface area contributed by atoms with Crippen LogP contribution in [0.2, 0.25) is 0 Å². The van der Waals surface area contributed by atoms with Gasteiger partial charge >= 0.3 is 0 Å². The monoisotopic (exact) mass is 354 g/mol. The van der Waals surface area contributed by atoms with Crippen LogP contribution in [0.4, 0.5) is 4.39 Å². The molecule has 0 spiro atoms. The molecule has 0 atom stereocenters. The highest BCUT2D eigenvalue weighted by molar-refractivity contribution is 9.10. The summed E-state index contributed by atoms with van der Waals surface area (Å²) in [5, 5.41) is 0.295. The van der Waals surface area contributed by atoms with Gasteiger partial charge in [0.05, 0.1) is 10.9 Å². The van der Waals surface area contributed by atoms with Crippen molar-refractivity contribution in [3.63, 3.8) is 0 Å². The van der Waals surface area contributed by atoms with E-state index in [1.165, 1.54) is 12.1 Å². The van der Waals surface area contributed by atoms with Gasteiger partial charge in [-0.3, -0.25) is 9.36 Å². The smallest absolute Gasteiger partial charge is 0.261 e. The molecule has 0 bridgehead atoms. The van der Waals surface area contributed by atoms with Crippen molar-refractivity contribution in [2.45, 2.75) is 25.2 Å². The summed E-state index contributed by atoms with van der Waals surface area (Å²) in [7, 11) is 1.70. The predicted octanol–water partition coefficient (Wildman–Crippen LogP) is 2.90. The maximum absolute atomic E-state index is 13.5. The molecule has 1 aromatic heterocycles. The lowest BCUT2D eigenvalue weighted by molar-refractivity contribution is 0.0523. The van der Waals surface area contributed by atoms with E-state index in [-0.39, 0.29) is 11.0 Å². The van der Waals surface area contributed by atoms with Gasteiger partial charge in [-0.15, -0.1) is 0 Å². The second kappa shape index (κ2) is 5.18. The highest BCUT2D eigenvalue weighted by atomic mass is 79.9. The third kappa shape index (κ3) is 2.40. The SMILES string of the molecule is Cn1c(C2(C)CCOCC2)nc2c(Br)cc(F)cc2c1=O. The highest BCUT2D eigenvalue weighted by Crippen LogP contribution is 2.33. The van der Waals surface area contributed by atoms with Gasteiger partial charge in [0.25, 0.3) is 5.56 Å². The Hall–Kier alpha value is -1.27. The Balaban J connectivity index is 2.30. The van der Waals surface area contributed by atoms with Crippen LogP contribution in [0.25, 0.3) is 10.9 Å². The molecule has 3 rings (SSSR count). The lowest BCUT2D eigenvalue weighted by Gasteiger charge is -2.34. The summed E-state index contributed by atoms with van der Waals surface area (Å²) in [6.45, 7) is 3.42. The number of hydrogen-bond acceptors (Lipinski definition) is 3. The number of rotatable bonds is 1. The van der Waals surface area contributed by atoms with Crippen LogP contribution >= 0.6 is 15.9 Å². The molecule has 112 valence electrons. The number of benzene rings is 1. The Bertz CT molecular complexity index is 766. The van der Waals surface area contributed by atoms with Crippen LogP contribution in [0.15, 0.2) is 21.4 Å². The molecule has 1 aromatic carbocycles. The van der Waals surface area contributed by atoms with Crippen molar-refractivity contribution >= 4 is 26.8 Å². The second-order valence-corrected chi connectivity index (χ2v) is 6.61. The molecule has 1 fully saturated rings. The number of hydrogen-bond donors (Lipinski definition) is 0. The summed E-state index contributed by atoms with van der Waals surface area (Å²) < 4.78 is 21.0. The van der Waals surface area contributed by atoms with Crippen molar-refractivity contribution in [1.82, 2.24) is 9.55 Å². The van der Waals surface area contributed by atoms with Crippen molar-refractivity contribution in [3.8, 4) is 0 Å². The number of nitrogens with zero attached hydrogens (tertiary/aromatic N) is 2. The minimum Gasteiger partial charge on any atom is -0.381 e. The molecule has 4 nitrogen and oxygen atoms in total. The first-order valence-electron chi connectivity index (χ1n) is 6.86. The summed E-state index contributed by atoms with van der Waals surface area (Å²) in [6.07, 6.45) is 1.63. The molecular formula is C15H16BrFN2O2. The van der Waals surface area contributed by atoms with E-state index in [4.69, 9.17) is 4.74 Å². The summed E-state index contributed by atoms with van der Waals surface area (Å²) in [6, 6.07) is 2.58. The van der Waals surface area contributed by atoms with Gasteiger partial charge in [0.15, 0.2) is 0 Å². The molecule has 0 amide bonds. The lowest BCUT2D eigenvalue weighted by atomic mass is 9.81. The zero-order valence-corrected chi connectivity index (χ0v) is 13.5. The molecule has 1 saturated heterocycles. The van der Waals surface area contributed by atoms with E-state index >= 15 is 0 Å². The Morgan fingerprint density at radius 3 is 2.71 bits per heavy atom. The van der Waals surface area contributed by atoms with Crippen LogP contribution < -0.4 is 5.56 Å². The van der Waals surface area contributed by atoms with Crippen molar-refractivity contribution < 1.29 is 9.13 Å². The van der Waals surface area contributed by atoms with Crippen molar-refractivity contribution in [3.05, 3.63) is 38.6 Å². The van der Waals surface area contributed by atoms with Gasteiger partial charge in [-0.25, -0.2) is 9.37 Å². The molecule has 0 N–H and O–H groups in total. The Morgan fingerprint density at radius 2 is 2.05 bits per heavy atom. The quantitative estimate of drug-likeness (QED) is 0.790. The van der Waals surface area contributed by atoms with Crippen LogP contribution in [0.5, 0.6) is 0 Å². The molecular weight excluding hydrogens is 339 g/mol. The topological polar surface area (TPSA) is 44.1 Å². The Morgan fingerprint density at radius 1 is 1.38 bits per heavy atom. The fraction of sp³-hybridized carbons (Fsp3) is 0.467. The van der Waals surface area contributed by atoms with Crippen molar-refractivity contribution in [1.29, 1.82) is 0 Å². The average Bonchev–Trinajstić information content (AvgIpc) is 2.44. The second-order valence-electron chi connectivity index (χ2n) is 5.76. The molecule has 21 heavy (non-hydrogen) atoms. The Kier molecular flexibility index (Phi) is 3.61. The number of aromatic nitrogens is 2. The number of ether oxygens (including phenoxy) is 1. The van der Waals surface area contributed by atoms with Gasteiger partial charge in [0.2, 0.25) is 0 Å². The molecule has 2 aromatic rings. The van der Waals surface area contributed by atoms with E-state index in [9.17, 15) is 9.18 Å². The van der Waals surface area contributed by atoms with Crippen LogP contribution in [-0.4, -0.2) is 22.8 Å². The van der Waals surface area contributed by atoms with Crippen molar-refractivity contribution in [2.75, 3.05) is 13.2 Å². The van der Waals surface area contributed by atoms with E-state index in [0.717, 1.165) is 18.7 Å². The van der Waals surface area contributed by atoms with E-state index in [0.29, 0.717) is 28.6 Å². The molecule has 6 heteroatoms. The van der Waals surface area contributed by atoms with E-state index in [1.807, 2.05) is 0 Å². The first kappa shape index (κ1) is 14.7. The van der Waals surface area contributed by atoms with Gasteiger partial charge in [0, 0.05) is 30.1 Å². The van der Waals surface area contributed by atoms with E-state index < -0.39 is 5.82 Å². The normalized spacial score (nSPS) is 18.1. The maximum Gasteiger partial charge on any atom is 0.261 e. The molecule has 2 heterocycles. The predicted molar refractivity (Wildman–Crippen MR) is 82.0 cm³/mol. The largest absolute Gasteiger partial charge is 0.381 e. The molecule has 0 unspecified atom stereocenters. The fourth-order valence-corrected chi connectivity index (χ4v) is 3.41. The van der Waals surface area contributed by atoms with Gasteiger partial charge in [-0.2, -0.15) is 0 Å². The molecule has 1 aliphatic rings. The van der Waals surface area contributed by atoms with Gasteiger partial charge in [-0.1, -0.05) is 6.92 Å². The third-order valence-electron chi connectivity index (χ3n) is 4.23. The first-order valence-corrected chi connectivity index (χ1v) is 7.66. The molecule has 0 aliphatic carbocycles. The summed E-state index contributed by atoms with van der Waals surface area (Å²) >= 11 is 3.31. The Labute approximate surface area is 130 Å². The average molecular weight is 355 g/mol. The third-order valence-corrected chi connectivity index (χ3v) is 4.84. The number of fused-ring (bicyclic) bond motifs is 1.